The zero-order valence-electron chi connectivity index (χ0n) is 9.97. The molecule has 1 aliphatic carbocycles. The number of nitrogens with zero attached hydrogens (tertiary/aromatic N) is 1. The van der Waals surface area contributed by atoms with Gasteiger partial charge in [-0.25, -0.2) is 9.86 Å². The van der Waals surface area contributed by atoms with E-state index in [2.05, 4.69) is 31.2 Å². The number of urea groups is 1. The maximum absolute atomic E-state index is 10.9. The first-order valence-corrected chi connectivity index (χ1v) is 5.92. The molecular formula is C13H18N2O2. The maximum atomic E-state index is 10.9. The Hall–Kier alpha value is -1.55. The molecule has 0 unspecified atom stereocenters. The number of carbonyl (C=O) groups is 1. The number of hydrogen-bond acceptors (Lipinski definition) is 2. The van der Waals surface area contributed by atoms with Gasteiger partial charge in [-0.1, -0.05) is 29.8 Å². The summed E-state index contributed by atoms with van der Waals surface area (Å²) in [6.07, 6.45) is 2.57. The second-order valence-electron chi connectivity index (χ2n) is 4.76. The molecule has 92 valence electrons. The number of aryl methyl sites for hydroxylation is 1. The van der Waals surface area contributed by atoms with E-state index in [0.717, 1.165) is 19.3 Å². The molecule has 2 rings (SSSR count). The number of benzene rings is 1. The van der Waals surface area contributed by atoms with Gasteiger partial charge >= 0.3 is 6.03 Å². The number of carbonyl (C=O) groups excluding carboxylic acids is 1. The highest BCUT2D eigenvalue weighted by Crippen LogP contribution is 2.36. The van der Waals surface area contributed by atoms with E-state index in [9.17, 15) is 10.0 Å². The Bertz CT molecular complexity index is 402. The lowest BCUT2D eigenvalue weighted by Gasteiger charge is -2.19. The molecule has 0 saturated heterocycles. The van der Waals surface area contributed by atoms with Gasteiger partial charge in [0.05, 0.1) is 6.04 Å². The second-order valence-corrected chi connectivity index (χ2v) is 4.76. The third kappa shape index (κ3) is 2.58. The molecule has 2 amide bonds. The largest absolute Gasteiger partial charge is 0.350 e. The molecule has 0 radical (unpaired) electrons. The van der Waals surface area contributed by atoms with E-state index in [4.69, 9.17) is 5.73 Å². The average Bonchev–Trinajstić information content (AvgIpc) is 2.78. The van der Waals surface area contributed by atoms with Crippen LogP contribution in [0.5, 0.6) is 0 Å². The summed E-state index contributed by atoms with van der Waals surface area (Å²) in [4.78, 5) is 10.9. The van der Waals surface area contributed by atoms with Crippen LogP contribution in [0.2, 0.25) is 0 Å². The molecule has 0 aromatic heterocycles. The molecule has 3 N–H and O–H groups in total. The van der Waals surface area contributed by atoms with Crippen molar-refractivity contribution in [2.45, 2.75) is 38.1 Å². The van der Waals surface area contributed by atoms with Crippen LogP contribution in [-0.4, -0.2) is 22.3 Å². The van der Waals surface area contributed by atoms with Crippen LogP contribution in [0.3, 0.4) is 0 Å². The van der Waals surface area contributed by atoms with E-state index in [1.165, 1.54) is 11.1 Å². The fourth-order valence-corrected chi connectivity index (χ4v) is 2.50. The van der Waals surface area contributed by atoms with Crippen molar-refractivity contribution in [3.8, 4) is 0 Å². The van der Waals surface area contributed by atoms with Gasteiger partial charge in [0.25, 0.3) is 0 Å². The Kier molecular flexibility index (Phi) is 3.33. The number of primary amides is 1. The number of hydrogen-bond donors (Lipinski definition) is 2. The van der Waals surface area contributed by atoms with Crippen molar-refractivity contribution in [1.82, 2.24) is 5.06 Å². The first-order chi connectivity index (χ1) is 8.08. The highest BCUT2D eigenvalue weighted by Gasteiger charge is 2.31. The minimum absolute atomic E-state index is 0.140. The highest BCUT2D eigenvalue weighted by molar-refractivity contribution is 5.70. The number of amides is 2. The molecule has 1 aliphatic rings. The summed E-state index contributed by atoms with van der Waals surface area (Å²) >= 11 is 0. The zero-order valence-corrected chi connectivity index (χ0v) is 9.97. The lowest BCUT2D eigenvalue weighted by Crippen LogP contribution is -2.39. The van der Waals surface area contributed by atoms with Crippen molar-refractivity contribution >= 4 is 6.03 Å². The van der Waals surface area contributed by atoms with E-state index in [1.54, 1.807) is 0 Å². The molecule has 4 heteroatoms. The smallest absolute Gasteiger partial charge is 0.338 e. The molecule has 17 heavy (non-hydrogen) atoms. The first kappa shape index (κ1) is 11.9. The minimum Gasteiger partial charge on any atom is -0.350 e. The Morgan fingerprint density at radius 2 is 2.00 bits per heavy atom. The molecule has 0 bridgehead atoms. The third-order valence-electron chi connectivity index (χ3n) is 3.53. The Morgan fingerprint density at radius 3 is 2.59 bits per heavy atom. The standard InChI is InChI=1S/C13H18N2O2/c1-9-2-4-10(5-3-9)11-6-7-12(8-11)15(17)13(14)16/h2-5,11-12,17H,6-8H2,1H3,(H2,14,16)/t11-,12+/m0/s1. The fourth-order valence-electron chi connectivity index (χ4n) is 2.50. The predicted molar refractivity (Wildman–Crippen MR) is 64.8 cm³/mol. The summed E-state index contributed by atoms with van der Waals surface area (Å²) in [6.45, 7) is 2.06. The van der Waals surface area contributed by atoms with E-state index in [1.807, 2.05) is 0 Å². The zero-order chi connectivity index (χ0) is 12.4. The Morgan fingerprint density at radius 1 is 1.35 bits per heavy atom. The van der Waals surface area contributed by atoms with E-state index >= 15 is 0 Å². The lowest BCUT2D eigenvalue weighted by atomic mass is 9.96. The van der Waals surface area contributed by atoms with Crippen molar-refractivity contribution in [2.24, 2.45) is 5.73 Å². The molecule has 0 aliphatic heterocycles. The monoisotopic (exact) mass is 234 g/mol. The van der Waals surface area contributed by atoms with Gasteiger partial charge in [-0.15, -0.1) is 0 Å². The topological polar surface area (TPSA) is 66.6 Å². The van der Waals surface area contributed by atoms with Crippen LogP contribution in [0.25, 0.3) is 0 Å². The number of nitrogens with two attached hydrogens (primary N) is 1. The predicted octanol–water partition coefficient (Wildman–Crippen LogP) is 2.40. The summed E-state index contributed by atoms with van der Waals surface area (Å²) in [5.41, 5.74) is 7.57. The molecule has 1 aromatic rings. The first-order valence-electron chi connectivity index (χ1n) is 5.92. The van der Waals surface area contributed by atoms with Crippen LogP contribution < -0.4 is 5.73 Å². The van der Waals surface area contributed by atoms with Gasteiger partial charge in [0, 0.05) is 0 Å². The van der Waals surface area contributed by atoms with Gasteiger partial charge in [0.1, 0.15) is 0 Å². The fraction of sp³-hybridized carbons (Fsp3) is 0.462. The van der Waals surface area contributed by atoms with Gasteiger partial charge in [-0.3, -0.25) is 5.21 Å². The minimum atomic E-state index is -0.764. The number of rotatable bonds is 2. The van der Waals surface area contributed by atoms with Crippen LogP contribution in [0, 0.1) is 6.92 Å². The summed E-state index contributed by atoms with van der Waals surface area (Å²) in [5, 5.41) is 10.2. The van der Waals surface area contributed by atoms with E-state index in [-0.39, 0.29) is 6.04 Å². The lowest BCUT2D eigenvalue weighted by molar-refractivity contribution is -0.0730. The third-order valence-corrected chi connectivity index (χ3v) is 3.53. The molecule has 4 nitrogen and oxygen atoms in total. The van der Waals surface area contributed by atoms with E-state index in [0.29, 0.717) is 11.0 Å². The molecule has 0 heterocycles. The van der Waals surface area contributed by atoms with Gasteiger partial charge in [-0.05, 0) is 37.7 Å². The van der Waals surface area contributed by atoms with Crippen LogP contribution in [0.15, 0.2) is 24.3 Å². The molecular weight excluding hydrogens is 216 g/mol. The molecule has 2 atom stereocenters. The van der Waals surface area contributed by atoms with Gasteiger partial charge < -0.3 is 5.73 Å². The summed E-state index contributed by atoms with van der Waals surface area (Å²) in [7, 11) is 0. The van der Waals surface area contributed by atoms with Crippen molar-refractivity contribution in [3.63, 3.8) is 0 Å². The summed E-state index contributed by atoms with van der Waals surface area (Å²) < 4.78 is 0. The quantitative estimate of drug-likeness (QED) is 0.609. The van der Waals surface area contributed by atoms with Crippen LogP contribution in [-0.2, 0) is 0 Å². The maximum Gasteiger partial charge on any atom is 0.338 e. The van der Waals surface area contributed by atoms with Crippen LogP contribution in [0.1, 0.15) is 36.3 Å². The van der Waals surface area contributed by atoms with Crippen molar-refractivity contribution in [2.75, 3.05) is 0 Å². The molecule has 1 saturated carbocycles. The average molecular weight is 234 g/mol. The van der Waals surface area contributed by atoms with Gasteiger partial charge in [-0.2, -0.15) is 0 Å². The van der Waals surface area contributed by atoms with Crippen LogP contribution in [0.4, 0.5) is 4.79 Å². The SMILES string of the molecule is Cc1ccc([C@H]2CC[C@@H](N(O)C(N)=O)C2)cc1. The van der Waals surface area contributed by atoms with Gasteiger partial charge in [0.2, 0.25) is 0 Å². The second kappa shape index (κ2) is 4.75. The van der Waals surface area contributed by atoms with Crippen LogP contribution >= 0.6 is 0 Å². The Labute approximate surface area is 101 Å². The summed E-state index contributed by atoms with van der Waals surface area (Å²) in [6, 6.07) is 7.52. The van der Waals surface area contributed by atoms with Crippen molar-refractivity contribution in [1.29, 1.82) is 0 Å². The van der Waals surface area contributed by atoms with Crippen molar-refractivity contribution < 1.29 is 10.0 Å². The van der Waals surface area contributed by atoms with Crippen molar-refractivity contribution in [3.05, 3.63) is 35.4 Å². The molecule has 0 spiro atoms. The van der Waals surface area contributed by atoms with Gasteiger partial charge in [0.15, 0.2) is 0 Å². The highest BCUT2D eigenvalue weighted by atomic mass is 16.5. The normalized spacial score (nSPS) is 23.6. The summed E-state index contributed by atoms with van der Waals surface area (Å²) in [5.74, 6) is 0.412. The Balaban J connectivity index is 2.02. The molecule has 1 aromatic carbocycles. The number of hydroxylamine groups is 2. The van der Waals surface area contributed by atoms with E-state index < -0.39 is 6.03 Å². The molecule has 1 fully saturated rings.